The van der Waals surface area contributed by atoms with Crippen molar-refractivity contribution in [3.63, 3.8) is 0 Å². The summed E-state index contributed by atoms with van der Waals surface area (Å²) >= 11 is 2.01. The van der Waals surface area contributed by atoms with Crippen LogP contribution in [0.1, 0.15) is 26.2 Å². The highest BCUT2D eigenvalue weighted by molar-refractivity contribution is 7.99. The summed E-state index contributed by atoms with van der Waals surface area (Å²) in [7, 11) is 0. The van der Waals surface area contributed by atoms with E-state index in [0.29, 0.717) is 6.42 Å². The fourth-order valence-corrected chi connectivity index (χ4v) is 2.22. The number of thioether (sulfide) groups is 1. The molecule has 0 saturated heterocycles. The van der Waals surface area contributed by atoms with E-state index in [0.717, 1.165) is 13.1 Å². The van der Waals surface area contributed by atoms with Gasteiger partial charge in [-0.15, -0.1) is 0 Å². The Hall–Kier alpha value is -0.950. The smallest absolute Gasteiger partial charge is 0.237 e. The van der Waals surface area contributed by atoms with Gasteiger partial charge in [0.05, 0.1) is 19.0 Å². The molecule has 0 saturated carbocycles. The summed E-state index contributed by atoms with van der Waals surface area (Å²) in [4.78, 5) is 0. The number of aromatic nitrogens is 2. The SMILES string of the molecule is CCSCCCCn1cc[n+](CCC#N)c1. The first-order valence-corrected chi connectivity index (χ1v) is 7.01. The first-order valence-electron chi connectivity index (χ1n) is 5.86. The normalized spacial score (nSPS) is 10.2. The molecule has 88 valence electrons. The van der Waals surface area contributed by atoms with Gasteiger partial charge in [-0.05, 0) is 24.3 Å². The molecule has 1 aromatic heterocycles. The average Bonchev–Trinajstić information content (AvgIpc) is 2.74. The Bertz CT molecular complexity index is 327. The molecular weight excluding hydrogens is 218 g/mol. The van der Waals surface area contributed by atoms with Crippen molar-refractivity contribution >= 4 is 11.8 Å². The van der Waals surface area contributed by atoms with Crippen molar-refractivity contribution in [2.45, 2.75) is 39.3 Å². The molecule has 0 radical (unpaired) electrons. The fraction of sp³-hybridized carbons (Fsp3) is 0.667. The number of hydrogen-bond acceptors (Lipinski definition) is 2. The highest BCUT2D eigenvalue weighted by atomic mass is 32.2. The van der Waals surface area contributed by atoms with Crippen molar-refractivity contribution in [1.29, 1.82) is 5.26 Å². The van der Waals surface area contributed by atoms with Gasteiger partial charge in [0.1, 0.15) is 18.9 Å². The van der Waals surface area contributed by atoms with E-state index in [4.69, 9.17) is 5.26 Å². The monoisotopic (exact) mass is 238 g/mol. The zero-order valence-corrected chi connectivity index (χ0v) is 10.7. The van der Waals surface area contributed by atoms with Crippen LogP contribution in [0.3, 0.4) is 0 Å². The van der Waals surface area contributed by atoms with Crippen LogP contribution in [0, 0.1) is 11.3 Å². The van der Waals surface area contributed by atoms with Crippen molar-refractivity contribution in [1.82, 2.24) is 4.57 Å². The van der Waals surface area contributed by atoms with E-state index in [9.17, 15) is 0 Å². The second kappa shape index (κ2) is 8.23. The average molecular weight is 238 g/mol. The van der Waals surface area contributed by atoms with E-state index in [1.807, 2.05) is 18.0 Å². The number of rotatable bonds is 8. The summed E-state index contributed by atoms with van der Waals surface area (Å²) in [5.74, 6) is 2.49. The Labute approximate surface area is 102 Å². The molecule has 0 fully saturated rings. The first-order chi connectivity index (χ1) is 7.86. The van der Waals surface area contributed by atoms with Crippen molar-refractivity contribution in [2.75, 3.05) is 11.5 Å². The van der Waals surface area contributed by atoms with Gasteiger partial charge < -0.3 is 0 Å². The second-order valence-electron chi connectivity index (χ2n) is 3.70. The Kier molecular flexibility index (Phi) is 6.75. The summed E-state index contributed by atoms with van der Waals surface area (Å²) < 4.78 is 4.28. The highest BCUT2D eigenvalue weighted by Crippen LogP contribution is 2.04. The second-order valence-corrected chi connectivity index (χ2v) is 5.10. The summed E-state index contributed by atoms with van der Waals surface area (Å²) in [6.45, 7) is 4.09. The lowest BCUT2D eigenvalue weighted by atomic mass is 10.3. The van der Waals surface area contributed by atoms with Crippen LogP contribution >= 0.6 is 11.8 Å². The van der Waals surface area contributed by atoms with Gasteiger partial charge in [0.15, 0.2) is 0 Å². The lowest BCUT2D eigenvalue weighted by Gasteiger charge is -1.97. The van der Waals surface area contributed by atoms with Crippen LogP contribution in [0.15, 0.2) is 18.7 Å². The van der Waals surface area contributed by atoms with E-state index in [1.165, 1.54) is 24.3 Å². The molecule has 16 heavy (non-hydrogen) atoms. The van der Waals surface area contributed by atoms with E-state index in [1.54, 1.807) is 0 Å². The maximum atomic E-state index is 8.49. The quantitative estimate of drug-likeness (QED) is 0.514. The Balaban J connectivity index is 2.17. The first kappa shape index (κ1) is 13.1. The maximum Gasteiger partial charge on any atom is 0.243 e. The molecule has 0 aliphatic carbocycles. The lowest BCUT2D eigenvalue weighted by Crippen LogP contribution is -2.30. The molecule has 1 aromatic rings. The molecule has 1 heterocycles. The molecule has 0 atom stereocenters. The van der Waals surface area contributed by atoms with Gasteiger partial charge in [0, 0.05) is 0 Å². The van der Waals surface area contributed by atoms with Crippen molar-refractivity contribution in [3.8, 4) is 6.07 Å². The summed E-state index contributed by atoms with van der Waals surface area (Å²) in [5.41, 5.74) is 0. The predicted octanol–water partition coefficient (Wildman–Crippen LogP) is 2.22. The molecule has 0 N–H and O–H groups in total. The maximum absolute atomic E-state index is 8.49. The predicted molar refractivity (Wildman–Crippen MR) is 67.1 cm³/mol. The third-order valence-corrected chi connectivity index (χ3v) is 3.37. The van der Waals surface area contributed by atoms with Crippen LogP contribution in [-0.4, -0.2) is 16.1 Å². The van der Waals surface area contributed by atoms with Gasteiger partial charge in [0.25, 0.3) is 0 Å². The fourth-order valence-electron chi connectivity index (χ4n) is 1.53. The van der Waals surface area contributed by atoms with Gasteiger partial charge >= 0.3 is 0 Å². The summed E-state index contributed by atoms with van der Waals surface area (Å²) in [5, 5.41) is 8.49. The summed E-state index contributed by atoms with van der Waals surface area (Å²) in [6, 6.07) is 2.16. The molecule has 4 heteroatoms. The van der Waals surface area contributed by atoms with E-state index in [2.05, 4.69) is 34.7 Å². The number of nitriles is 1. The third kappa shape index (κ3) is 5.22. The number of nitrogens with zero attached hydrogens (tertiary/aromatic N) is 3. The van der Waals surface area contributed by atoms with Gasteiger partial charge in [-0.2, -0.15) is 17.0 Å². The minimum Gasteiger partial charge on any atom is -0.237 e. The number of imidazole rings is 1. The van der Waals surface area contributed by atoms with E-state index >= 15 is 0 Å². The van der Waals surface area contributed by atoms with Crippen LogP contribution in [0.5, 0.6) is 0 Å². The van der Waals surface area contributed by atoms with E-state index in [-0.39, 0.29) is 0 Å². The molecule has 3 nitrogen and oxygen atoms in total. The highest BCUT2D eigenvalue weighted by Gasteiger charge is 2.02. The van der Waals surface area contributed by atoms with E-state index < -0.39 is 0 Å². The van der Waals surface area contributed by atoms with Crippen LogP contribution in [-0.2, 0) is 13.1 Å². The van der Waals surface area contributed by atoms with Crippen LogP contribution < -0.4 is 4.57 Å². The molecule has 0 bridgehead atoms. The largest absolute Gasteiger partial charge is 0.243 e. The van der Waals surface area contributed by atoms with Crippen LogP contribution in [0.4, 0.5) is 0 Å². The van der Waals surface area contributed by atoms with Gasteiger partial charge in [-0.25, -0.2) is 9.13 Å². The molecule has 0 amide bonds. The van der Waals surface area contributed by atoms with Crippen molar-refractivity contribution < 1.29 is 4.57 Å². The van der Waals surface area contributed by atoms with Gasteiger partial charge in [-0.1, -0.05) is 6.92 Å². The molecule has 0 aromatic carbocycles. The summed E-state index contributed by atoms with van der Waals surface area (Å²) in [6.07, 6.45) is 9.32. The number of unbranched alkanes of at least 4 members (excludes halogenated alkanes) is 1. The number of hydrogen-bond donors (Lipinski definition) is 0. The Morgan fingerprint density at radius 1 is 1.44 bits per heavy atom. The van der Waals surface area contributed by atoms with Crippen LogP contribution in [0.2, 0.25) is 0 Å². The number of aryl methyl sites for hydroxylation is 2. The molecular formula is C12H20N3S+. The third-order valence-electron chi connectivity index (χ3n) is 2.39. The minimum absolute atomic E-state index is 0.585. The molecule has 0 aliphatic heterocycles. The van der Waals surface area contributed by atoms with Crippen molar-refractivity contribution in [2.24, 2.45) is 0 Å². The zero-order valence-electron chi connectivity index (χ0n) is 9.93. The van der Waals surface area contributed by atoms with Crippen molar-refractivity contribution in [3.05, 3.63) is 18.7 Å². The minimum atomic E-state index is 0.585. The Morgan fingerprint density at radius 2 is 2.31 bits per heavy atom. The molecule has 0 aliphatic rings. The Morgan fingerprint density at radius 3 is 3.06 bits per heavy atom. The standard InChI is InChI=1S/C12H20N3S/c1-2-16-11-4-3-7-14-9-10-15(12-14)8-5-6-13/h9-10,12H,2-5,7-8,11H2,1H3/q+1. The molecule has 1 rings (SSSR count). The zero-order chi connectivity index (χ0) is 11.6. The van der Waals surface area contributed by atoms with Crippen LogP contribution in [0.25, 0.3) is 0 Å². The van der Waals surface area contributed by atoms with Gasteiger partial charge in [-0.3, -0.25) is 0 Å². The molecule has 0 spiro atoms. The lowest BCUT2D eigenvalue weighted by molar-refractivity contribution is -0.695. The topological polar surface area (TPSA) is 32.6 Å². The molecule has 0 unspecified atom stereocenters. The van der Waals surface area contributed by atoms with Gasteiger partial charge in [0.2, 0.25) is 6.33 Å².